The van der Waals surface area contributed by atoms with E-state index in [1.54, 1.807) is 0 Å². The smallest absolute Gasteiger partial charge is 0.0456 e. The van der Waals surface area contributed by atoms with Crippen LogP contribution in [0, 0.1) is 11.8 Å². The molecule has 0 aromatic carbocycles. The number of aliphatic hydroxyl groups excluding tert-OH is 2. The van der Waals surface area contributed by atoms with Crippen LogP contribution < -0.4 is 0 Å². The molecule has 0 aliphatic carbocycles. The lowest BCUT2D eigenvalue weighted by molar-refractivity contribution is 0.223. The Labute approximate surface area is 88.3 Å². The molecule has 2 N–H and O–H groups in total. The van der Waals surface area contributed by atoms with Crippen molar-refractivity contribution in [2.45, 2.75) is 52.4 Å². The van der Waals surface area contributed by atoms with Crippen LogP contribution in [0.1, 0.15) is 52.4 Å². The summed E-state index contributed by atoms with van der Waals surface area (Å²) in [6, 6.07) is 0. The van der Waals surface area contributed by atoms with Gasteiger partial charge in [0.2, 0.25) is 0 Å². The molecular formula is C12H26O2. The predicted molar refractivity (Wildman–Crippen MR) is 60.2 cm³/mol. The highest BCUT2D eigenvalue weighted by molar-refractivity contribution is 4.54. The summed E-state index contributed by atoms with van der Waals surface area (Å²) in [6.07, 6.45) is 7.29. The third kappa shape index (κ3) is 8.52. The zero-order chi connectivity index (χ0) is 10.8. The topological polar surface area (TPSA) is 40.5 Å². The van der Waals surface area contributed by atoms with E-state index in [2.05, 4.69) is 13.8 Å². The molecule has 0 aliphatic heterocycles. The van der Waals surface area contributed by atoms with Crippen molar-refractivity contribution in [3.05, 3.63) is 0 Å². The van der Waals surface area contributed by atoms with Crippen LogP contribution in [0.15, 0.2) is 0 Å². The minimum Gasteiger partial charge on any atom is -0.396 e. The number of unbranched alkanes of at least 4 members (excludes halogenated alkanes) is 3. The van der Waals surface area contributed by atoms with Crippen LogP contribution in [0.2, 0.25) is 0 Å². The van der Waals surface area contributed by atoms with Gasteiger partial charge >= 0.3 is 0 Å². The Kier molecular flexibility index (Phi) is 9.42. The molecule has 0 fully saturated rings. The highest BCUT2D eigenvalue weighted by atomic mass is 16.3. The van der Waals surface area contributed by atoms with E-state index in [1.807, 2.05) is 0 Å². The van der Waals surface area contributed by atoms with Crippen LogP contribution >= 0.6 is 0 Å². The van der Waals surface area contributed by atoms with Crippen molar-refractivity contribution in [2.75, 3.05) is 13.2 Å². The highest BCUT2D eigenvalue weighted by Gasteiger charge is 2.01. The van der Waals surface area contributed by atoms with E-state index in [9.17, 15) is 0 Å². The van der Waals surface area contributed by atoms with Crippen molar-refractivity contribution >= 4 is 0 Å². The summed E-state index contributed by atoms with van der Waals surface area (Å²) in [5, 5.41) is 17.6. The van der Waals surface area contributed by atoms with Gasteiger partial charge in [-0.25, -0.2) is 0 Å². The highest BCUT2D eigenvalue weighted by Crippen LogP contribution is 2.13. The van der Waals surface area contributed by atoms with Crippen LogP contribution in [0.4, 0.5) is 0 Å². The summed E-state index contributed by atoms with van der Waals surface area (Å²) >= 11 is 0. The van der Waals surface area contributed by atoms with Gasteiger partial charge in [-0.3, -0.25) is 0 Å². The van der Waals surface area contributed by atoms with Gasteiger partial charge < -0.3 is 10.2 Å². The Bertz CT molecular complexity index is 101. The molecule has 2 nitrogen and oxygen atoms in total. The number of rotatable bonds is 9. The lowest BCUT2D eigenvalue weighted by Crippen LogP contribution is -2.01. The minimum atomic E-state index is 0.321. The van der Waals surface area contributed by atoms with Crippen LogP contribution in [0.5, 0.6) is 0 Å². The second-order valence-corrected chi connectivity index (χ2v) is 4.57. The predicted octanol–water partition coefficient (Wildman–Crippen LogP) is 2.58. The monoisotopic (exact) mass is 202 g/mol. The van der Waals surface area contributed by atoms with Crippen LogP contribution in [-0.4, -0.2) is 23.4 Å². The quantitative estimate of drug-likeness (QED) is 0.564. The third-order valence-electron chi connectivity index (χ3n) is 2.77. The number of aliphatic hydroxyl groups is 2. The standard InChI is InChI=1S/C12H26O2/c1-11(9-13)7-5-3-4-6-8-12(2)10-14/h11-14H,3-10H2,1-2H3/t11-,12-/m0/s1. The molecular weight excluding hydrogens is 176 g/mol. The van der Waals surface area contributed by atoms with Crippen LogP contribution in [0.25, 0.3) is 0 Å². The fourth-order valence-electron chi connectivity index (χ4n) is 1.52. The van der Waals surface area contributed by atoms with E-state index in [0.717, 1.165) is 12.8 Å². The first-order valence-corrected chi connectivity index (χ1v) is 5.92. The second-order valence-electron chi connectivity index (χ2n) is 4.57. The van der Waals surface area contributed by atoms with Crippen LogP contribution in [-0.2, 0) is 0 Å². The van der Waals surface area contributed by atoms with Crippen molar-refractivity contribution in [3.63, 3.8) is 0 Å². The molecule has 0 bridgehead atoms. The molecule has 0 radical (unpaired) electrons. The molecule has 0 heterocycles. The largest absolute Gasteiger partial charge is 0.396 e. The number of hydrogen-bond donors (Lipinski definition) is 2. The van der Waals surface area contributed by atoms with Crippen molar-refractivity contribution in [3.8, 4) is 0 Å². The normalized spacial score (nSPS) is 15.4. The molecule has 0 amide bonds. The molecule has 86 valence electrons. The average molecular weight is 202 g/mol. The van der Waals surface area contributed by atoms with Crippen molar-refractivity contribution < 1.29 is 10.2 Å². The molecule has 14 heavy (non-hydrogen) atoms. The van der Waals surface area contributed by atoms with Gasteiger partial charge in [0.1, 0.15) is 0 Å². The fraction of sp³-hybridized carbons (Fsp3) is 1.00. The Morgan fingerprint density at radius 1 is 0.714 bits per heavy atom. The van der Waals surface area contributed by atoms with Crippen molar-refractivity contribution in [1.82, 2.24) is 0 Å². The molecule has 0 rings (SSSR count). The molecule has 0 aromatic heterocycles. The Morgan fingerprint density at radius 3 is 1.36 bits per heavy atom. The number of hydrogen-bond acceptors (Lipinski definition) is 2. The Balaban J connectivity index is 3.06. The van der Waals surface area contributed by atoms with E-state index in [-0.39, 0.29) is 0 Å². The van der Waals surface area contributed by atoms with Gasteiger partial charge in [-0.05, 0) is 24.7 Å². The Hall–Kier alpha value is -0.0800. The minimum absolute atomic E-state index is 0.321. The van der Waals surface area contributed by atoms with Gasteiger partial charge in [-0.15, -0.1) is 0 Å². The first-order valence-electron chi connectivity index (χ1n) is 5.92. The average Bonchev–Trinajstić information content (AvgIpc) is 2.22. The third-order valence-corrected chi connectivity index (χ3v) is 2.77. The molecule has 0 saturated heterocycles. The summed E-state index contributed by atoms with van der Waals surface area (Å²) in [5.74, 6) is 0.928. The summed E-state index contributed by atoms with van der Waals surface area (Å²) in [6.45, 7) is 4.82. The van der Waals surface area contributed by atoms with Gasteiger partial charge in [-0.2, -0.15) is 0 Å². The molecule has 0 spiro atoms. The maximum absolute atomic E-state index is 8.81. The van der Waals surface area contributed by atoms with Crippen LogP contribution in [0.3, 0.4) is 0 Å². The van der Waals surface area contributed by atoms with Crippen molar-refractivity contribution in [2.24, 2.45) is 11.8 Å². The van der Waals surface area contributed by atoms with Crippen molar-refractivity contribution in [1.29, 1.82) is 0 Å². The molecule has 0 aromatic rings. The summed E-state index contributed by atoms with van der Waals surface area (Å²) in [5.41, 5.74) is 0. The molecule has 0 unspecified atom stereocenters. The maximum Gasteiger partial charge on any atom is 0.0456 e. The van der Waals surface area contributed by atoms with E-state index < -0.39 is 0 Å². The molecule has 2 heteroatoms. The summed E-state index contributed by atoms with van der Waals surface area (Å²) in [7, 11) is 0. The zero-order valence-corrected chi connectivity index (χ0v) is 9.71. The molecule has 2 atom stereocenters. The van der Waals surface area contributed by atoms with E-state index in [0.29, 0.717) is 25.0 Å². The Morgan fingerprint density at radius 2 is 1.07 bits per heavy atom. The molecule has 0 saturated carbocycles. The first-order chi connectivity index (χ1) is 6.70. The van der Waals surface area contributed by atoms with E-state index >= 15 is 0 Å². The van der Waals surface area contributed by atoms with Gasteiger partial charge in [0.05, 0.1) is 0 Å². The van der Waals surface area contributed by atoms with Gasteiger partial charge in [0, 0.05) is 13.2 Å². The lowest BCUT2D eigenvalue weighted by Gasteiger charge is -2.08. The second kappa shape index (κ2) is 9.47. The van der Waals surface area contributed by atoms with Gasteiger partial charge in [0.25, 0.3) is 0 Å². The van der Waals surface area contributed by atoms with E-state index in [4.69, 9.17) is 10.2 Å². The summed E-state index contributed by atoms with van der Waals surface area (Å²) < 4.78 is 0. The lowest BCUT2D eigenvalue weighted by atomic mass is 10.0. The maximum atomic E-state index is 8.81. The zero-order valence-electron chi connectivity index (χ0n) is 9.71. The first kappa shape index (κ1) is 13.9. The van der Waals surface area contributed by atoms with Gasteiger partial charge in [-0.1, -0.05) is 39.5 Å². The van der Waals surface area contributed by atoms with E-state index in [1.165, 1.54) is 25.7 Å². The fourth-order valence-corrected chi connectivity index (χ4v) is 1.52. The molecule has 0 aliphatic rings. The van der Waals surface area contributed by atoms with Gasteiger partial charge in [0.15, 0.2) is 0 Å². The SMILES string of the molecule is C[C@H](CO)CCCCCC[C@H](C)CO. The summed E-state index contributed by atoms with van der Waals surface area (Å²) in [4.78, 5) is 0.